The first-order chi connectivity index (χ1) is 18.9. The molecule has 9 nitrogen and oxygen atoms in total. The number of benzene rings is 1. The molecule has 3 aromatic rings. The topological polar surface area (TPSA) is 110 Å². The quantitative estimate of drug-likeness (QED) is 0.318. The molecule has 0 amide bonds. The Bertz CT molecular complexity index is 1240. The van der Waals surface area contributed by atoms with Crippen molar-refractivity contribution in [2.24, 2.45) is 0 Å². The zero-order chi connectivity index (χ0) is 27.2. The van der Waals surface area contributed by atoms with Gasteiger partial charge in [-0.25, -0.2) is 19.7 Å². The van der Waals surface area contributed by atoms with E-state index in [2.05, 4.69) is 34.8 Å². The number of carbonyl (C=O) groups excluding carboxylic acids is 1. The van der Waals surface area contributed by atoms with E-state index >= 15 is 0 Å². The second kappa shape index (κ2) is 12.7. The molecule has 9 heteroatoms. The maximum Gasteiger partial charge on any atom is 0.338 e. The molecule has 2 aliphatic rings. The molecule has 0 unspecified atom stereocenters. The number of fused-ring (bicyclic) bond motifs is 1. The van der Waals surface area contributed by atoms with Gasteiger partial charge >= 0.3 is 5.97 Å². The highest BCUT2D eigenvalue weighted by Crippen LogP contribution is 2.28. The third kappa shape index (κ3) is 7.22. The van der Waals surface area contributed by atoms with E-state index in [9.17, 15) is 4.79 Å². The Morgan fingerprint density at radius 1 is 0.949 bits per heavy atom. The van der Waals surface area contributed by atoms with Crippen LogP contribution in [0.5, 0.6) is 0 Å². The van der Waals surface area contributed by atoms with E-state index in [0.717, 1.165) is 62.6 Å². The Balaban J connectivity index is 1.26. The van der Waals surface area contributed by atoms with Gasteiger partial charge in [0.2, 0.25) is 5.95 Å². The standard InChI is InChI=1S/C30H40N6O3/c1-19(2)32-28-27-22(17-26(35-28)20(3)39-29(37)21-7-5-4-6-8-21)18-31-30(36-27)34-24-11-9-23(10-12-24)33-25-13-15-38-16-14-25/h4-8,17-20,23-25,33H,9-16H2,1-3H3,(H,32,35)(H,31,34,36)/t20-,23?,24?/m1/s1. The first-order valence-corrected chi connectivity index (χ1v) is 14.2. The number of ether oxygens (including phenoxy) is 2. The van der Waals surface area contributed by atoms with E-state index in [-0.39, 0.29) is 12.0 Å². The van der Waals surface area contributed by atoms with Gasteiger partial charge in [0.15, 0.2) is 5.82 Å². The van der Waals surface area contributed by atoms with Crippen LogP contribution >= 0.6 is 0 Å². The van der Waals surface area contributed by atoms with Crippen LogP contribution in [0.4, 0.5) is 11.8 Å². The number of rotatable bonds is 9. The van der Waals surface area contributed by atoms with E-state index in [1.165, 1.54) is 0 Å². The molecule has 0 spiro atoms. The molecule has 1 aromatic carbocycles. The number of anilines is 2. The number of hydrogen-bond acceptors (Lipinski definition) is 9. The lowest BCUT2D eigenvalue weighted by Crippen LogP contribution is -2.44. The molecule has 1 saturated heterocycles. The van der Waals surface area contributed by atoms with Crippen LogP contribution in [0, 0.1) is 0 Å². The predicted molar refractivity (Wildman–Crippen MR) is 153 cm³/mol. The molecule has 5 rings (SSSR count). The van der Waals surface area contributed by atoms with Crippen molar-refractivity contribution in [1.82, 2.24) is 20.3 Å². The summed E-state index contributed by atoms with van der Waals surface area (Å²) >= 11 is 0. The minimum absolute atomic E-state index is 0.156. The van der Waals surface area contributed by atoms with Crippen LogP contribution in [-0.2, 0) is 9.47 Å². The van der Waals surface area contributed by atoms with E-state index in [4.69, 9.17) is 19.4 Å². The molecule has 3 heterocycles. The Morgan fingerprint density at radius 3 is 2.36 bits per heavy atom. The summed E-state index contributed by atoms with van der Waals surface area (Å²) in [6.07, 6.45) is 7.98. The molecule has 2 aromatic heterocycles. The molecule has 1 aliphatic heterocycles. The number of nitrogens with one attached hydrogen (secondary N) is 3. The minimum atomic E-state index is -0.530. The second-order valence-corrected chi connectivity index (χ2v) is 11.0. The highest BCUT2D eigenvalue weighted by Gasteiger charge is 2.25. The van der Waals surface area contributed by atoms with E-state index in [0.29, 0.717) is 41.1 Å². The third-order valence-corrected chi connectivity index (χ3v) is 7.47. The van der Waals surface area contributed by atoms with Gasteiger partial charge in [-0.15, -0.1) is 0 Å². The molecule has 1 atom stereocenters. The first kappa shape index (κ1) is 27.3. The van der Waals surface area contributed by atoms with Crippen LogP contribution in [-0.4, -0.2) is 58.3 Å². The summed E-state index contributed by atoms with van der Waals surface area (Å²) in [5.41, 5.74) is 1.91. The maximum atomic E-state index is 12.6. The average molecular weight is 533 g/mol. The molecule has 208 valence electrons. The van der Waals surface area contributed by atoms with Crippen molar-refractivity contribution >= 4 is 28.6 Å². The predicted octanol–water partition coefficient (Wildman–Crippen LogP) is 5.25. The Morgan fingerprint density at radius 2 is 1.64 bits per heavy atom. The smallest absolute Gasteiger partial charge is 0.338 e. The van der Waals surface area contributed by atoms with Gasteiger partial charge in [-0.1, -0.05) is 18.2 Å². The van der Waals surface area contributed by atoms with Gasteiger partial charge in [-0.2, -0.15) is 0 Å². The van der Waals surface area contributed by atoms with Crippen molar-refractivity contribution in [2.75, 3.05) is 23.8 Å². The zero-order valence-corrected chi connectivity index (χ0v) is 23.2. The largest absolute Gasteiger partial charge is 0.453 e. The van der Waals surface area contributed by atoms with Crippen molar-refractivity contribution < 1.29 is 14.3 Å². The number of hydrogen-bond donors (Lipinski definition) is 3. The molecule has 1 aliphatic carbocycles. The van der Waals surface area contributed by atoms with Crippen LogP contribution in [0.1, 0.15) is 81.5 Å². The third-order valence-electron chi connectivity index (χ3n) is 7.47. The van der Waals surface area contributed by atoms with Crippen molar-refractivity contribution in [3.05, 3.63) is 53.9 Å². The van der Waals surface area contributed by atoms with Crippen LogP contribution in [0.15, 0.2) is 42.6 Å². The summed E-state index contributed by atoms with van der Waals surface area (Å²) in [4.78, 5) is 26.9. The SMILES string of the molecule is CC(C)Nc1nc([C@@H](C)OC(=O)c2ccccc2)cc2cnc(NC3CCC(NC4CCOCC4)CC3)nc12. The molecule has 0 radical (unpaired) electrons. The van der Waals surface area contributed by atoms with Crippen LogP contribution in [0.25, 0.3) is 10.9 Å². The van der Waals surface area contributed by atoms with Crippen molar-refractivity contribution in [1.29, 1.82) is 0 Å². The fourth-order valence-corrected chi connectivity index (χ4v) is 5.36. The summed E-state index contributed by atoms with van der Waals surface area (Å²) in [6.45, 7) is 7.70. The highest BCUT2D eigenvalue weighted by atomic mass is 16.5. The summed E-state index contributed by atoms with van der Waals surface area (Å²) < 4.78 is 11.2. The van der Waals surface area contributed by atoms with Crippen molar-refractivity contribution in [3.8, 4) is 0 Å². The Labute approximate surface area is 230 Å². The number of esters is 1. The number of carbonyl (C=O) groups is 1. The lowest BCUT2D eigenvalue weighted by atomic mass is 9.90. The fourth-order valence-electron chi connectivity index (χ4n) is 5.36. The van der Waals surface area contributed by atoms with Gasteiger partial charge in [0, 0.05) is 49.0 Å². The van der Waals surface area contributed by atoms with E-state index < -0.39 is 6.10 Å². The Kier molecular flexibility index (Phi) is 8.88. The van der Waals surface area contributed by atoms with Crippen LogP contribution in [0.2, 0.25) is 0 Å². The lowest BCUT2D eigenvalue weighted by Gasteiger charge is -2.33. The zero-order valence-electron chi connectivity index (χ0n) is 23.2. The molecule has 0 bridgehead atoms. The minimum Gasteiger partial charge on any atom is -0.453 e. The van der Waals surface area contributed by atoms with E-state index in [1.807, 2.05) is 37.4 Å². The fraction of sp³-hybridized carbons (Fsp3) is 0.533. The van der Waals surface area contributed by atoms with Gasteiger partial charge < -0.3 is 25.4 Å². The summed E-state index contributed by atoms with van der Waals surface area (Å²) in [7, 11) is 0. The average Bonchev–Trinajstić information content (AvgIpc) is 2.95. The van der Waals surface area contributed by atoms with Gasteiger partial charge in [0.1, 0.15) is 11.6 Å². The van der Waals surface area contributed by atoms with Crippen molar-refractivity contribution in [3.63, 3.8) is 0 Å². The lowest BCUT2D eigenvalue weighted by molar-refractivity contribution is 0.0330. The Hall–Kier alpha value is -3.30. The summed E-state index contributed by atoms with van der Waals surface area (Å²) in [5, 5.41) is 11.7. The van der Waals surface area contributed by atoms with Gasteiger partial charge in [-0.3, -0.25) is 0 Å². The van der Waals surface area contributed by atoms with Gasteiger partial charge in [0.05, 0.1) is 11.3 Å². The van der Waals surface area contributed by atoms with Crippen LogP contribution in [0.3, 0.4) is 0 Å². The summed E-state index contributed by atoms with van der Waals surface area (Å²) in [6, 6.07) is 12.6. The van der Waals surface area contributed by atoms with Crippen LogP contribution < -0.4 is 16.0 Å². The first-order valence-electron chi connectivity index (χ1n) is 14.2. The number of aromatic nitrogens is 3. The van der Waals surface area contributed by atoms with Gasteiger partial charge in [0.25, 0.3) is 0 Å². The highest BCUT2D eigenvalue weighted by molar-refractivity contribution is 5.90. The maximum absolute atomic E-state index is 12.6. The number of nitrogens with zero attached hydrogens (tertiary/aromatic N) is 3. The van der Waals surface area contributed by atoms with Gasteiger partial charge in [-0.05, 0) is 77.5 Å². The number of pyridine rings is 1. The van der Waals surface area contributed by atoms with Crippen molar-refractivity contribution in [2.45, 2.75) is 89.6 Å². The summed E-state index contributed by atoms with van der Waals surface area (Å²) in [5.74, 6) is 0.903. The second-order valence-electron chi connectivity index (χ2n) is 11.0. The molecular weight excluding hydrogens is 492 g/mol. The van der Waals surface area contributed by atoms with E-state index in [1.54, 1.807) is 12.1 Å². The monoisotopic (exact) mass is 532 g/mol. The normalized spacial score (nSPS) is 21.0. The molecule has 39 heavy (non-hydrogen) atoms. The molecular formula is C30H40N6O3. The molecule has 3 N–H and O–H groups in total. The molecule has 2 fully saturated rings. The molecule has 1 saturated carbocycles.